The van der Waals surface area contributed by atoms with Crippen LogP contribution in [0.1, 0.15) is 11.3 Å². The van der Waals surface area contributed by atoms with Crippen LogP contribution < -0.4 is 5.32 Å². The Morgan fingerprint density at radius 2 is 2.05 bits per heavy atom. The third kappa shape index (κ3) is 3.08. The predicted octanol–water partition coefficient (Wildman–Crippen LogP) is 3.26. The lowest BCUT2D eigenvalue weighted by molar-refractivity contribution is -0.141. The molecule has 0 saturated heterocycles. The van der Waals surface area contributed by atoms with Gasteiger partial charge in [0.05, 0.1) is 5.69 Å². The number of nitrogens with zero attached hydrogens (tertiary/aromatic N) is 2. The van der Waals surface area contributed by atoms with E-state index in [4.69, 9.17) is 11.6 Å². The third-order valence-electron chi connectivity index (χ3n) is 2.55. The van der Waals surface area contributed by atoms with Crippen LogP contribution in [0.15, 0.2) is 30.5 Å². The van der Waals surface area contributed by atoms with Crippen molar-refractivity contribution in [3.05, 3.63) is 46.7 Å². The number of alkyl halides is 3. The van der Waals surface area contributed by atoms with Crippen molar-refractivity contribution < 1.29 is 13.2 Å². The van der Waals surface area contributed by atoms with Crippen LogP contribution in [0.2, 0.25) is 5.02 Å². The molecule has 0 amide bonds. The van der Waals surface area contributed by atoms with E-state index in [0.29, 0.717) is 17.3 Å². The Labute approximate surface area is 113 Å². The van der Waals surface area contributed by atoms with Crippen molar-refractivity contribution in [2.75, 3.05) is 7.05 Å². The molecule has 0 aliphatic heterocycles. The quantitative estimate of drug-likeness (QED) is 0.940. The van der Waals surface area contributed by atoms with Crippen molar-refractivity contribution in [1.82, 2.24) is 15.1 Å². The zero-order valence-corrected chi connectivity index (χ0v) is 10.8. The molecular formula is C12H11ClF3N3. The van der Waals surface area contributed by atoms with Crippen molar-refractivity contribution in [3.63, 3.8) is 0 Å². The summed E-state index contributed by atoms with van der Waals surface area (Å²) >= 11 is 6.05. The highest BCUT2D eigenvalue weighted by Crippen LogP contribution is 2.28. The normalized spacial score (nSPS) is 11.8. The lowest BCUT2D eigenvalue weighted by Gasteiger charge is -2.07. The van der Waals surface area contributed by atoms with Gasteiger partial charge in [-0.25, -0.2) is 4.68 Å². The van der Waals surface area contributed by atoms with Crippen molar-refractivity contribution in [2.24, 2.45) is 0 Å². The molecule has 0 atom stereocenters. The number of benzene rings is 1. The summed E-state index contributed by atoms with van der Waals surface area (Å²) in [6.45, 7) is 0.589. The number of rotatable bonds is 3. The Balaban J connectivity index is 2.32. The summed E-state index contributed by atoms with van der Waals surface area (Å²) in [5.74, 6) is 0. The summed E-state index contributed by atoms with van der Waals surface area (Å²) < 4.78 is 38.5. The van der Waals surface area contributed by atoms with E-state index in [1.165, 1.54) is 6.20 Å². The molecule has 0 unspecified atom stereocenters. The van der Waals surface area contributed by atoms with Crippen LogP contribution in [0.5, 0.6) is 0 Å². The van der Waals surface area contributed by atoms with E-state index in [1.54, 1.807) is 25.2 Å². The molecule has 0 bridgehead atoms. The summed E-state index contributed by atoms with van der Waals surface area (Å²) in [7, 11) is 1.79. The average Bonchev–Trinajstić information content (AvgIpc) is 2.81. The van der Waals surface area contributed by atoms with Crippen molar-refractivity contribution in [2.45, 2.75) is 12.7 Å². The van der Waals surface area contributed by atoms with Gasteiger partial charge < -0.3 is 5.32 Å². The predicted molar refractivity (Wildman–Crippen MR) is 66.3 cm³/mol. The van der Waals surface area contributed by atoms with Gasteiger partial charge in [0.2, 0.25) is 0 Å². The highest BCUT2D eigenvalue weighted by atomic mass is 35.5. The van der Waals surface area contributed by atoms with Crippen molar-refractivity contribution in [1.29, 1.82) is 0 Å². The Hall–Kier alpha value is -1.53. The maximum atomic E-state index is 12.5. The van der Waals surface area contributed by atoms with Crippen LogP contribution in [0.3, 0.4) is 0 Å². The molecular weight excluding hydrogens is 279 g/mol. The standard InChI is InChI=1S/C12H11ClF3N3/c1-17-7-8-2-3-9(6-10(8)13)19-5-4-11(18-19)12(14,15)16/h2-6,17H,7H2,1H3. The van der Waals surface area contributed by atoms with E-state index in [2.05, 4.69) is 10.4 Å². The van der Waals surface area contributed by atoms with Gasteiger partial charge in [-0.1, -0.05) is 17.7 Å². The molecule has 2 rings (SSSR count). The van der Waals surface area contributed by atoms with Gasteiger partial charge >= 0.3 is 6.18 Å². The monoisotopic (exact) mass is 289 g/mol. The molecule has 0 aliphatic carbocycles. The molecule has 7 heteroatoms. The first-order valence-electron chi connectivity index (χ1n) is 5.48. The van der Waals surface area contributed by atoms with Gasteiger partial charge in [0.15, 0.2) is 5.69 Å². The van der Waals surface area contributed by atoms with Gasteiger partial charge in [0.25, 0.3) is 0 Å². The van der Waals surface area contributed by atoms with Crippen LogP contribution in [0.25, 0.3) is 5.69 Å². The first-order valence-corrected chi connectivity index (χ1v) is 5.86. The number of aromatic nitrogens is 2. The molecule has 2 aromatic rings. The van der Waals surface area contributed by atoms with Crippen LogP contribution in [-0.2, 0) is 12.7 Å². The largest absolute Gasteiger partial charge is 0.435 e. The second kappa shape index (κ2) is 5.22. The highest BCUT2D eigenvalue weighted by molar-refractivity contribution is 6.31. The minimum Gasteiger partial charge on any atom is -0.316 e. The first kappa shape index (κ1) is 13.9. The average molecular weight is 290 g/mol. The molecule has 0 aliphatic rings. The Bertz CT molecular complexity index is 578. The Morgan fingerprint density at radius 3 is 2.58 bits per heavy atom. The smallest absolute Gasteiger partial charge is 0.316 e. The number of hydrogen-bond donors (Lipinski definition) is 1. The number of halogens is 4. The molecule has 1 aromatic carbocycles. The first-order chi connectivity index (χ1) is 8.91. The second-order valence-electron chi connectivity index (χ2n) is 3.95. The van der Waals surface area contributed by atoms with Crippen LogP contribution in [0, 0.1) is 0 Å². The second-order valence-corrected chi connectivity index (χ2v) is 4.36. The molecule has 102 valence electrons. The minimum atomic E-state index is -4.44. The SMILES string of the molecule is CNCc1ccc(-n2ccc(C(F)(F)F)n2)cc1Cl. The zero-order valence-electron chi connectivity index (χ0n) is 10.0. The van der Waals surface area contributed by atoms with E-state index >= 15 is 0 Å². The third-order valence-corrected chi connectivity index (χ3v) is 2.90. The molecule has 0 radical (unpaired) electrons. The molecule has 19 heavy (non-hydrogen) atoms. The van der Waals surface area contributed by atoms with E-state index < -0.39 is 11.9 Å². The maximum Gasteiger partial charge on any atom is 0.435 e. The Morgan fingerprint density at radius 1 is 1.32 bits per heavy atom. The fourth-order valence-corrected chi connectivity index (χ4v) is 1.87. The van der Waals surface area contributed by atoms with Gasteiger partial charge in [-0.2, -0.15) is 18.3 Å². The van der Waals surface area contributed by atoms with E-state index in [1.807, 2.05) is 0 Å². The Kier molecular flexibility index (Phi) is 3.82. The minimum absolute atomic E-state index is 0.482. The topological polar surface area (TPSA) is 29.9 Å². The maximum absolute atomic E-state index is 12.5. The van der Waals surface area contributed by atoms with Crippen LogP contribution >= 0.6 is 11.6 Å². The fraction of sp³-hybridized carbons (Fsp3) is 0.250. The number of hydrogen-bond acceptors (Lipinski definition) is 2. The van der Waals surface area contributed by atoms with Crippen molar-refractivity contribution >= 4 is 11.6 Å². The van der Waals surface area contributed by atoms with Crippen LogP contribution in [-0.4, -0.2) is 16.8 Å². The summed E-state index contributed by atoms with van der Waals surface area (Å²) in [6.07, 6.45) is -3.19. The molecule has 0 fully saturated rings. The summed E-state index contributed by atoms with van der Waals surface area (Å²) in [5.41, 5.74) is 0.430. The van der Waals surface area contributed by atoms with Gasteiger partial charge in [0.1, 0.15) is 0 Å². The molecule has 1 heterocycles. The summed E-state index contributed by atoms with van der Waals surface area (Å²) in [5, 5.41) is 6.92. The zero-order chi connectivity index (χ0) is 14.0. The van der Waals surface area contributed by atoms with E-state index in [9.17, 15) is 13.2 Å². The van der Waals surface area contributed by atoms with Gasteiger partial charge in [-0.3, -0.25) is 0 Å². The van der Waals surface area contributed by atoms with Crippen LogP contribution in [0.4, 0.5) is 13.2 Å². The van der Waals surface area contributed by atoms with Crippen molar-refractivity contribution in [3.8, 4) is 5.69 Å². The summed E-state index contributed by atoms with van der Waals surface area (Å²) in [6, 6.07) is 5.94. The van der Waals surface area contributed by atoms with Gasteiger partial charge in [-0.15, -0.1) is 0 Å². The molecule has 1 N–H and O–H groups in total. The molecule has 0 saturated carbocycles. The van der Waals surface area contributed by atoms with Gasteiger partial charge in [-0.05, 0) is 30.8 Å². The van der Waals surface area contributed by atoms with Gasteiger partial charge in [0, 0.05) is 17.8 Å². The van der Waals surface area contributed by atoms with E-state index in [-0.39, 0.29) is 0 Å². The lowest BCUT2D eigenvalue weighted by Crippen LogP contribution is -2.08. The molecule has 0 spiro atoms. The summed E-state index contributed by atoms with van der Waals surface area (Å²) in [4.78, 5) is 0. The fourth-order valence-electron chi connectivity index (χ4n) is 1.63. The molecule has 3 nitrogen and oxygen atoms in total. The van der Waals surface area contributed by atoms with E-state index in [0.717, 1.165) is 16.3 Å². The lowest BCUT2D eigenvalue weighted by atomic mass is 10.2. The molecule has 1 aromatic heterocycles. The highest BCUT2D eigenvalue weighted by Gasteiger charge is 2.33. The number of nitrogens with one attached hydrogen (secondary N) is 1.